The van der Waals surface area contributed by atoms with Crippen LogP contribution in [0.4, 0.5) is 0 Å². The molecule has 0 unspecified atom stereocenters. The highest BCUT2D eigenvalue weighted by Crippen LogP contribution is 2.23. The molecule has 2 N–H and O–H groups in total. The number of hydrogen-bond acceptors (Lipinski definition) is 2. The van der Waals surface area contributed by atoms with E-state index in [9.17, 15) is 4.79 Å². The Bertz CT molecular complexity index is 451. The minimum Gasteiger partial charge on any atom is -0.342 e. The number of carbonyl (C=O) groups excluding carboxylic acids is 1. The van der Waals surface area contributed by atoms with Crippen molar-refractivity contribution in [2.75, 3.05) is 19.6 Å². The van der Waals surface area contributed by atoms with Crippen LogP contribution in [0.25, 0.3) is 0 Å². The highest BCUT2D eigenvalue weighted by atomic mass is 35.5. The van der Waals surface area contributed by atoms with Crippen molar-refractivity contribution in [2.24, 2.45) is 11.7 Å². The van der Waals surface area contributed by atoms with Crippen LogP contribution in [0.5, 0.6) is 0 Å². The van der Waals surface area contributed by atoms with E-state index < -0.39 is 0 Å². The van der Waals surface area contributed by atoms with Crippen molar-refractivity contribution in [1.82, 2.24) is 4.90 Å². The predicted molar refractivity (Wildman–Crippen MR) is 73.9 cm³/mol. The first kappa shape index (κ1) is 13.7. The highest BCUT2D eigenvalue weighted by Gasteiger charge is 2.25. The van der Waals surface area contributed by atoms with E-state index in [0.29, 0.717) is 28.9 Å². The molecule has 1 atom stereocenters. The van der Waals surface area contributed by atoms with Crippen LogP contribution in [0.15, 0.2) is 18.2 Å². The number of likely N-dealkylation sites (tertiary alicyclic amines) is 1. The van der Waals surface area contributed by atoms with E-state index in [4.69, 9.17) is 28.9 Å². The average molecular weight is 287 g/mol. The summed E-state index contributed by atoms with van der Waals surface area (Å²) in [7, 11) is 0. The Hall–Kier alpha value is -0.770. The number of nitrogens with zero attached hydrogens (tertiary/aromatic N) is 1. The maximum Gasteiger partial charge on any atom is 0.227 e. The molecule has 3 nitrogen and oxygen atoms in total. The third-order valence-electron chi connectivity index (χ3n) is 3.33. The number of amides is 1. The second-order valence-electron chi connectivity index (χ2n) is 4.64. The third kappa shape index (κ3) is 3.16. The van der Waals surface area contributed by atoms with Gasteiger partial charge in [-0.05, 0) is 36.6 Å². The van der Waals surface area contributed by atoms with Gasteiger partial charge in [0, 0.05) is 23.1 Å². The van der Waals surface area contributed by atoms with Crippen LogP contribution in [0.2, 0.25) is 10.0 Å². The molecular weight excluding hydrogens is 271 g/mol. The zero-order valence-corrected chi connectivity index (χ0v) is 11.5. The maximum atomic E-state index is 12.1. The molecule has 0 radical (unpaired) electrons. The lowest BCUT2D eigenvalue weighted by Crippen LogP contribution is -2.31. The first-order valence-electron chi connectivity index (χ1n) is 6.02. The Balaban J connectivity index is 1.99. The Labute approximate surface area is 117 Å². The van der Waals surface area contributed by atoms with E-state index >= 15 is 0 Å². The third-order valence-corrected chi connectivity index (χ3v) is 3.92. The van der Waals surface area contributed by atoms with Gasteiger partial charge in [0.2, 0.25) is 5.91 Å². The summed E-state index contributed by atoms with van der Waals surface area (Å²) in [6.45, 7) is 2.21. The van der Waals surface area contributed by atoms with E-state index in [-0.39, 0.29) is 5.91 Å². The second-order valence-corrected chi connectivity index (χ2v) is 5.49. The Morgan fingerprint density at radius 2 is 2.22 bits per heavy atom. The fourth-order valence-corrected chi connectivity index (χ4v) is 2.67. The molecule has 0 bridgehead atoms. The van der Waals surface area contributed by atoms with Gasteiger partial charge in [-0.25, -0.2) is 0 Å². The van der Waals surface area contributed by atoms with Crippen molar-refractivity contribution in [2.45, 2.75) is 12.8 Å². The molecule has 1 aromatic carbocycles. The lowest BCUT2D eigenvalue weighted by atomic mass is 10.1. The smallest absolute Gasteiger partial charge is 0.227 e. The Morgan fingerprint density at radius 3 is 2.83 bits per heavy atom. The molecule has 1 aromatic rings. The summed E-state index contributed by atoms with van der Waals surface area (Å²) in [5, 5.41) is 1.13. The van der Waals surface area contributed by atoms with E-state index in [1.807, 2.05) is 4.90 Å². The topological polar surface area (TPSA) is 46.3 Å². The van der Waals surface area contributed by atoms with Crippen LogP contribution in [-0.2, 0) is 11.2 Å². The molecule has 1 amide bonds. The van der Waals surface area contributed by atoms with Crippen LogP contribution in [0, 0.1) is 5.92 Å². The molecule has 0 spiro atoms. The number of hydrogen-bond donors (Lipinski definition) is 1. The molecule has 1 heterocycles. The number of carbonyl (C=O) groups is 1. The van der Waals surface area contributed by atoms with Crippen molar-refractivity contribution in [3.63, 3.8) is 0 Å². The minimum atomic E-state index is 0.107. The molecule has 0 aliphatic carbocycles. The standard InChI is InChI=1S/C13H16Cl2N2O/c14-11-2-1-10(12(15)6-11)5-13(18)17-4-3-9(7-16)8-17/h1-2,6,9H,3-5,7-8,16H2/t9-/m0/s1. The quantitative estimate of drug-likeness (QED) is 0.927. The lowest BCUT2D eigenvalue weighted by Gasteiger charge is -2.16. The Kier molecular flexibility index (Phi) is 4.49. The number of rotatable bonds is 3. The number of benzene rings is 1. The minimum absolute atomic E-state index is 0.107. The molecule has 18 heavy (non-hydrogen) atoms. The van der Waals surface area contributed by atoms with Gasteiger partial charge in [0.05, 0.1) is 6.42 Å². The normalized spacial score (nSPS) is 19.3. The Morgan fingerprint density at radius 1 is 1.44 bits per heavy atom. The van der Waals surface area contributed by atoms with E-state index in [1.165, 1.54) is 0 Å². The summed E-state index contributed by atoms with van der Waals surface area (Å²) < 4.78 is 0. The monoisotopic (exact) mass is 286 g/mol. The second kappa shape index (κ2) is 5.91. The van der Waals surface area contributed by atoms with Crippen molar-refractivity contribution in [3.8, 4) is 0 Å². The van der Waals surface area contributed by atoms with Gasteiger partial charge >= 0.3 is 0 Å². The van der Waals surface area contributed by atoms with Crippen LogP contribution in [-0.4, -0.2) is 30.4 Å². The van der Waals surface area contributed by atoms with Crippen LogP contribution in [0.1, 0.15) is 12.0 Å². The first-order chi connectivity index (χ1) is 8.60. The van der Waals surface area contributed by atoms with Gasteiger partial charge in [-0.2, -0.15) is 0 Å². The SMILES string of the molecule is NC[C@@H]1CCN(C(=O)Cc2ccc(Cl)cc2Cl)C1. The molecule has 0 saturated carbocycles. The molecule has 1 fully saturated rings. The van der Waals surface area contributed by atoms with Gasteiger partial charge < -0.3 is 10.6 Å². The van der Waals surface area contributed by atoms with Gasteiger partial charge in [0.15, 0.2) is 0 Å². The van der Waals surface area contributed by atoms with Crippen LogP contribution < -0.4 is 5.73 Å². The maximum absolute atomic E-state index is 12.1. The predicted octanol–water partition coefficient (Wildman–Crippen LogP) is 2.34. The fraction of sp³-hybridized carbons (Fsp3) is 0.462. The summed E-state index contributed by atoms with van der Waals surface area (Å²) in [6.07, 6.45) is 1.32. The number of nitrogens with two attached hydrogens (primary N) is 1. The highest BCUT2D eigenvalue weighted by molar-refractivity contribution is 6.35. The van der Waals surface area contributed by atoms with E-state index in [1.54, 1.807) is 18.2 Å². The van der Waals surface area contributed by atoms with Crippen molar-refractivity contribution in [1.29, 1.82) is 0 Å². The zero-order valence-electron chi connectivity index (χ0n) is 10.0. The largest absolute Gasteiger partial charge is 0.342 e. The van der Waals surface area contributed by atoms with Crippen molar-refractivity contribution >= 4 is 29.1 Å². The fourth-order valence-electron chi connectivity index (χ4n) is 2.19. The lowest BCUT2D eigenvalue weighted by molar-refractivity contribution is -0.129. The van der Waals surface area contributed by atoms with Gasteiger partial charge in [-0.1, -0.05) is 29.3 Å². The van der Waals surface area contributed by atoms with Gasteiger partial charge in [-0.3, -0.25) is 4.79 Å². The van der Waals surface area contributed by atoms with E-state index in [2.05, 4.69) is 0 Å². The molecule has 5 heteroatoms. The first-order valence-corrected chi connectivity index (χ1v) is 6.77. The summed E-state index contributed by atoms with van der Waals surface area (Å²) in [5.74, 6) is 0.546. The van der Waals surface area contributed by atoms with Crippen LogP contribution >= 0.6 is 23.2 Å². The zero-order chi connectivity index (χ0) is 13.1. The summed E-state index contributed by atoms with van der Waals surface area (Å²) >= 11 is 11.9. The van der Waals surface area contributed by atoms with Gasteiger partial charge in [0.1, 0.15) is 0 Å². The molecule has 1 saturated heterocycles. The summed E-state index contributed by atoms with van der Waals surface area (Å²) in [6, 6.07) is 5.22. The van der Waals surface area contributed by atoms with Gasteiger partial charge in [-0.15, -0.1) is 0 Å². The van der Waals surface area contributed by atoms with Gasteiger partial charge in [0.25, 0.3) is 0 Å². The molecule has 2 rings (SSSR count). The summed E-state index contributed by atoms with van der Waals surface area (Å²) in [4.78, 5) is 14.0. The molecule has 0 aromatic heterocycles. The molecule has 1 aliphatic heterocycles. The molecule has 98 valence electrons. The van der Waals surface area contributed by atoms with E-state index in [0.717, 1.165) is 25.1 Å². The van der Waals surface area contributed by atoms with Crippen LogP contribution in [0.3, 0.4) is 0 Å². The summed E-state index contributed by atoms with van der Waals surface area (Å²) in [5.41, 5.74) is 6.44. The number of halogens is 2. The average Bonchev–Trinajstić information content (AvgIpc) is 2.81. The molecular formula is C13H16Cl2N2O. The molecule has 1 aliphatic rings. The van der Waals surface area contributed by atoms with Crippen molar-refractivity contribution in [3.05, 3.63) is 33.8 Å². The van der Waals surface area contributed by atoms with Crippen molar-refractivity contribution < 1.29 is 4.79 Å².